The van der Waals surface area contributed by atoms with Gasteiger partial charge in [-0.2, -0.15) is 5.10 Å². The first kappa shape index (κ1) is 17.1. The van der Waals surface area contributed by atoms with Crippen LogP contribution in [0.3, 0.4) is 0 Å². The Bertz CT molecular complexity index is 687. The molecule has 2 aromatic heterocycles. The van der Waals surface area contributed by atoms with Gasteiger partial charge in [-0.3, -0.25) is 14.4 Å². The topological polar surface area (TPSA) is 63.1 Å². The van der Waals surface area contributed by atoms with Gasteiger partial charge in [0.1, 0.15) is 10.7 Å². The maximum Gasteiger partial charge on any atom is 0.270 e. The maximum atomic E-state index is 12.3. The molecule has 1 aliphatic rings. The molecular weight excluding hydrogens is 322 g/mol. The largest absolute Gasteiger partial charge is 0.349 e. The van der Waals surface area contributed by atoms with Gasteiger partial charge in [-0.05, 0) is 38.8 Å². The highest BCUT2D eigenvalue weighted by Crippen LogP contribution is 2.23. The van der Waals surface area contributed by atoms with Crippen molar-refractivity contribution in [1.82, 2.24) is 25.0 Å². The van der Waals surface area contributed by atoms with E-state index >= 15 is 0 Å². The highest BCUT2D eigenvalue weighted by atomic mass is 32.1. The maximum absolute atomic E-state index is 12.3. The Hall–Kier alpha value is -1.73. The lowest BCUT2D eigenvalue weighted by Gasteiger charge is -2.34. The van der Waals surface area contributed by atoms with E-state index in [1.54, 1.807) is 10.9 Å². The van der Waals surface area contributed by atoms with E-state index in [2.05, 4.69) is 34.1 Å². The molecule has 1 atom stereocenters. The molecule has 24 heavy (non-hydrogen) atoms. The van der Waals surface area contributed by atoms with Crippen LogP contribution in [0.15, 0.2) is 17.8 Å². The van der Waals surface area contributed by atoms with Gasteiger partial charge in [0, 0.05) is 36.8 Å². The van der Waals surface area contributed by atoms with Crippen molar-refractivity contribution in [2.75, 3.05) is 19.6 Å². The van der Waals surface area contributed by atoms with Gasteiger partial charge in [-0.25, -0.2) is 4.98 Å². The summed E-state index contributed by atoms with van der Waals surface area (Å²) in [5, 5.41) is 9.80. The highest BCUT2D eigenvalue weighted by Gasteiger charge is 2.21. The van der Waals surface area contributed by atoms with Gasteiger partial charge >= 0.3 is 0 Å². The number of aromatic nitrogens is 3. The molecule has 1 fully saturated rings. The summed E-state index contributed by atoms with van der Waals surface area (Å²) in [6.45, 7) is 7.40. The van der Waals surface area contributed by atoms with Gasteiger partial charge < -0.3 is 5.32 Å². The van der Waals surface area contributed by atoms with Crippen LogP contribution in [0.1, 0.15) is 37.2 Å². The summed E-state index contributed by atoms with van der Waals surface area (Å²) < 4.78 is 1.73. The smallest absolute Gasteiger partial charge is 0.270 e. The molecule has 0 aromatic carbocycles. The molecule has 6 nitrogen and oxygen atoms in total. The average molecular weight is 347 g/mol. The summed E-state index contributed by atoms with van der Waals surface area (Å²) in [7, 11) is 1.87. The van der Waals surface area contributed by atoms with Crippen molar-refractivity contribution >= 4 is 17.2 Å². The lowest BCUT2D eigenvalue weighted by atomic mass is 9.98. The minimum atomic E-state index is -0.0985. The molecule has 7 heteroatoms. The second-order valence-electron chi connectivity index (χ2n) is 6.72. The van der Waals surface area contributed by atoms with Crippen LogP contribution in [-0.2, 0) is 7.05 Å². The Morgan fingerprint density at radius 2 is 2.21 bits per heavy atom. The fourth-order valence-electron chi connectivity index (χ4n) is 2.97. The van der Waals surface area contributed by atoms with E-state index in [-0.39, 0.29) is 5.91 Å². The summed E-state index contributed by atoms with van der Waals surface area (Å²) in [6, 6.07) is 0.359. The summed E-state index contributed by atoms with van der Waals surface area (Å²) in [4.78, 5) is 19.2. The quantitative estimate of drug-likeness (QED) is 0.902. The normalized spacial score (nSPS) is 17.8. The average Bonchev–Trinajstić information content (AvgIpc) is 3.22. The fourth-order valence-corrected chi connectivity index (χ4v) is 3.75. The van der Waals surface area contributed by atoms with Crippen LogP contribution in [0.5, 0.6) is 0 Å². The molecule has 2 aromatic rings. The predicted molar refractivity (Wildman–Crippen MR) is 96.1 cm³/mol. The summed E-state index contributed by atoms with van der Waals surface area (Å²) in [5.41, 5.74) is 1.43. The predicted octanol–water partition coefficient (Wildman–Crippen LogP) is 2.39. The third-order valence-corrected chi connectivity index (χ3v) is 5.58. The second-order valence-corrected chi connectivity index (χ2v) is 7.58. The molecule has 0 bridgehead atoms. The number of carbonyl (C=O) groups excluding carboxylic acids is 1. The van der Waals surface area contributed by atoms with E-state index in [0.717, 1.165) is 29.6 Å². The number of rotatable bonds is 5. The molecule has 0 spiro atoms. The van der Waals surface area contributed by atoms with Gasteiger partial charge in [0.15, 0.2) is 0 Å². The second kappa shape index (κ2) is 7.44. The van der Waals surface area contributed by atoms with Crippen LogP contribution in [0.25, 0.3) is 10.6 Å². The molecule has 1 saturated heterocycles. The number of hydrogen-bond donors (Lipinski definition) is 1. The highest BCUT2D eigenvalue weighted by molar-refractivity contribution is 7.13. The van der Waals surface area contributed by atoms with Crippen molar-refractivity contribution in [3.8, 4) is 10.6 Å². The lowest BCUT2D eigenvalue weighted by molar-refractivity contribution is 0.0917. The van der Waals surface area contributed by atoms with Crippen LogP contribution in [0.4, 0.5) is 0 Å². The minimum absolute atomic E-state index is 0.0985. The monoisotopic (exact) mass is 347 g/mol. The SMILES string of the molecule is CC1CCN([C@H](C)CNC(=O)c2csc(-c3cnn(C)c3)n2)CC1. The third kappa shape index (κ3) is 4.02. The molecular formula is C17H25N5OS. The number of likely N-dealkylation sites (tertiary alicyclic amines) is 1. The molecule has 0 radical (unpaired) electrons. The lowest BCUT2D eigenvalue weighted by Crippen LogP contribution is -2.45. The van der Waals surface area contributed by atoms with E-state index < -0.39 is 0 Å². The molecule has 3 rings (SSSR count). The first-order valence-electron chi connectivity index (χ1n) is 8.49. The Kier molecular flexibility index (Phi) is 5.30. The molecule has 0 saturated carbocycles. The van der Waals surface area contributed by atoms with Crippen LogP contribution in [-0.4, -0.2) is 51.2 Å². The van der Waals surface area contributed by atoms with Crippen molar-refractivity contribution < 1.29 is 4.79 Å². The summed E-state index contributed by atoms with van der Waals surface area (Å²) >= 11 is 1.47. The standard InChI is InChI=1S/C17H25N5OS/c1-12-4-6-22(7-5-12)13(2)8-18-16(23)15-11-24-17(20-15)14-9-19-21(3)10-14/h9-13H,4-8H2,1-3H3,(H,18,23)/t13-/m1/s1. The molecule has 0 aliphatic carbocycles. The molecule has 1 amide bonds. The number of hydrogen-bond acceptors (Lipinski definition) is 5. The molecule has 130 valence electrons. The number of carbonyl (C=O) groups is 1. The molecule has 1 N–H and O–H groups in total. The number of nitrogens with one attached hydrogen (secondary N) is 1. The Balaban J connectivity index is 1.53. The van der Waals surface area contributed by atoms with Crippen LogP contribution in [0, 0.1) is 5.92 Å². The van der Waals surface area contributed by atoms with Crippen molar-refractivity contribution in [2.45, 2.75) is 32.7 Å². The number of piperidine rings is 1. The van der Waals surface area contributed by atoms with E-state index in [0.29, 0.717) is 18.3 Å². The van der Waals surface area contributed by atoms with Gasteiger partial charge in [0.2, 0.25) is 0 Å². The zero-order valence-electron chi connectivity index (χ0n) is 14.5. The van der Waals surface area contributed by atoms with Gasteiger partial charge in [0.25, 0.3) is 5.91 Å². The molecule has 0 unspecified atom stereocenters. The zero-order valence-corrected chi connectivity index (χ0v) is 15.3. The summed E-state index contributed by atoms with van der Waals surface area (Å²) in [6.07, 6.45) is 6.16. The van der Waals surface area contributed by atoms with Crippen LogP contribution in [0.2, 0.25) is 0 Å². The van der Waals surface area contributed by atoms with Gasteiger partial charge in [-0.1, -0.05) is 6.92 Å². The number of amides is 1. The first-order valence-corrected chi connectivity index (χ1v) is 9.37. The Morgan fingerprint density at radius 1 is 1.46 bits per heavy atom. The van der Waals surface area contributed by atoms with E-state index in [1.807, 2.05) is 18.6 Å². The molecule has 3 heterocycles. The minimum Gasteiger partial charge on any atom is -0.349 e. The van der Waals surface area contributed by atoms with Crippen molar-refractivity contribution in [3.63, 3.8) is 0 Å². The van der Waals surface area contributed by atoms with Crippen LogP contribution >= 0.6 is 11.3 Å². The van der Waals surface area contributed by atoms with Crippen LogP contribution < -0.4 is 5.32 Å². The van der Waals surface area contributed by atoms with E-state index in [4.69, 9.17) is 0 Å². The van der Waals surface area contributed by atoms with E-state index in [9.17, 15) is 4.79 Å². The Morgan fingerprint density at radius 3 is 2.88 bits per heavy atom. The zero-order chi connectivity index (χ0) is 17.1. The number of thiazole rings is 1. The Labute approximate surface area is 146 Å². The van der Waals surface area contributed by atoms with Gasteiger partial charge in [-0.15, -0.1) is 11.3 Å². The molecule has 1 aliphatic heterocycles. The first-order chi connectivity index (χ1) is 11.5. The van der Waals surface area contributed by atoms with Crippen molar-refractivity contribution in [2.24, 2.45) is 13.0 Å². The summed E-state index contributed by atoms with van der Waals surface area (Å²) in [5.74, 6) is 0.725. The number of nitrogens with zero attached hydrogens (tertiary/aromatic N) is 4. The number of aryl methyl sites for hydroxylation is 1. The third-order valence-electron chi connectivity index (χ3n) is 4.69. The van der Waals surface area contributed by atoms with Gasteiger partial charge in [0.05, 0.1) is 6.20 Å². The van der Waals surface area contributed by atoms with Crippen molar-refractivity contribution in [3.05, 3.63) is 23.5 Å². The van der Waals surface area contributed by atoms with Crippen molar-refractivity contribution in [1.29, 1.82) is 0 Å². The fraction of sp³-hybridized carbons (Fsp3) is 0.588. The van der Waals surface area contributed by atoms with E-state index in [1.165, 1.54) is 24.2 Å².